The molecule has 0 bridgehead atoms. The molecular weight excluding hydrogens is 568 g/mol. The van der Waals surface area contributed by atoms with Gasteiger partial charge in [-0.2, -0.15) is 0 Å². The van der Waals surface area contributed by atoms with Crippen molar-refractivity contribution in [2.24, 2.45) is 0 Å². The second-order valence-electron chi connectivity index (χ2n) is 12.3. The minimum atomic E-state index is -0.856. The summed E-state index contributed by atoms with van der Waals surface area (Å²) in [7, 11) is 0. The van der Waals surface area contributed by atoms with Crippen LogP contribution in [0, 0.1) is 0 Å². The highest BCUT2D eigenvalue weighted by Gasteiger charge is 2.55. The Balaban J connectivity index is 1.47. The lowest BCUT2D eigenvalue weighted by Crippen LogP contribution is -2.51. The summed E-state index contributed by atoms with van der Waals surface area (Å²) in [6, 6.07) is 22.6. The number of aliphatic hydroxyl groups excluding tert-OH is 2. The van der Waals surface area contributed by atoms with E-state index in [1.165, 1.54) is 0 Å². The van der Waals surface area contributed by atoms with Crippen LogP contribution in [0.1, 0.15) is 47.2 Å². The first kappa shape index (κ1) is 30.9. The smallest absolute Gasteiger partial charge is 0.321 e. The minimum absolute atomic E-state index is 0.0445. The summed E-state index contributed by atoms with van der Waals surface area (Å²) in [5.74, 6) is -0.856. The first-order valence-corrected chi connectivity index (χ1v) is 15.4. The maximum atomic E-state index is 15.0. The Morgan fingerprint density at radius 3 is 1.31 bits per heavy atom. The summed E-state index contributed by atoms with van der Waals surface area (Å²) in [4.78, 5) is 27.3. The Bertz CT molecular complexity index is 1440. The summed E-state index contributed by atoms with van der Waals surface area (Å²) in [6.07, 6.45) is 7.38. The number of pyridine rings is 2. The van der Waals surface area contributed by atoms with E-state index in [2.05, 4.69) is 9.97 Å². The number of carbonyl (C=O) groups excluding carboxylic acids is 1. The molecular formula is C36H40N4O5. The van der Waals surface area contributed by atoms with E-state index in [1.54, 1.807) is 24.8 Å². The Labute approximate surface area is 264 Å². The van der Waals surface area contributed by atoms with Crippen LogP contribution in [-0.2, 0) is 48.6 Å². The summed E-state index contributed by atoms with van der Waals surface area (Å²) < 4.78 is 13.5. The molecule has 4 atom stereocenters. The molecule has 2 N–H and O–H groups in total. The third kappa shape index (κ3) is 7.07. The van der Waals surface area contributed by atoms with Crippen molar-refractivity contribution in [3.8, 4) is 0 Å². The van der Waals surface area contributed by atoms with Crippen LogP contribution in [0.2, 0.25) is 0 Å². The normalized spacial score (nSPS) is 22.7. The molecule has 2 saturated heterocycles. The van der Waals surface area contributed by atoms with Crippen molar-refractivity contribution in [2.45, 2.75) is 83.1 Å². The number of aromatic nitrogens is 2. The number of aliphatic hydroxyl groups is 2. The van der Waals surface area contributed by atoms with E-state index in [9.17, 15) is 10.2 Å². The molecule has 2 aromatic carbocycles. The standard InChI is InChI=1S/C36H40N4O5/c1-36(2)44-33-31(19-25-11-15-37-16-12-25)39(21-27-3-7-29(23-41)8-4-27)35(43)40(22-28-5-9-30(24-42)10-6-28)32(34(33)45-36)20-26-13-17-38-18-14-26/h3-18,31-34,41-42H,19-24H2,1-2H3/t31-,32-,33+,34+/m1/s1. The van der Waals surface area contributed by atoms with E-state index >= 15 is 4.79 Å². The summed E-state index contributed by atoms with van der Waals surface area (Å²) in [6.45, 7) is 4.50. The van der Waals surface area contributed by atoms with Crippen LogP contribution >= 0.6 is 0 Å². The van der Waals surface area contributed by atoms with Crippen molar-refractivity contribution in [2.75, 3.05) is 0 Å². The molecule has 0 saturated carbocycles. The van der Waals surface area contributed by atoms with Crippen LogP contribution < -0.4 is 0 Å². The first-order chi connectivity index (χ1) is 21.8. The third-order valence-corrected chi connectivity index (χ3v) is 8.72. The molecule has 4 heterocycles. The molecule has 0 spiro atoms. The molecule has 2 aliphatic rings. The SMILES string of the molecule is CC1(C)O[C@@H]2[C@@H](O1)[C@@H](Cc1ccncc1)N(Cc1ccc(CO)cc1)C(=O)N(Cc1ccc(CO)cc1)[C@@H]2Cc1ccncc1. The maximum absolute atomic E-state index is 15.0. The monoisotopic (exact) mass is 608 g/mol. The number of hydrogen-bond acceptors (Lipinski definition) is 7. The summed E-state index contributed by atoms with van der Waals surface area (Å²) in [5.41, 5.74) is 5.64. The van der Waals surface area contributed by atoms with E-state index in [0.29, 0.717) is 25.9 Å². The fourth-order valence-corrected chi connectivity index (χ4v) is 6.45. The van der Waals surface area contributed by atoms with Crippen molar-refractivity contribution in [3.05, 3.63) is 131 Å². The van der Waals surface area contributed by atoms with Crippen LogP contribution in [0.3, 0.4) is 0 Å². The van der Waals surface area contributed by atoms with Gasteiger partial charge < -0.3 is 29.5 Å². The predicted molar refractivity (Wildman–Crippen MR) is 168 cm³/mol. The highest BCUT2D eigenvalue weighted by molar-refractivity contribution is 5.76. The second kappa shape index (κ2) is 13.5. The quantitative estimate of drug-likeness (QED) is 0.270. The first-order valence-electron chi connectivity index (χ1n) is 15.4. The molecule has 2 amide bonds. The number of urea groups is 1. The number of benzene rings is 2. The molecule has 0 radical (unpaired) electrons. The Morgan fingerprint density at radius 1 is 0.600 bits per heavy atom. The highest BCUT2D eigenvalue weighted by Crippen LogP contribution is 2.40. The molecule has 2 fully saturated rings. The van der Waals surface area contributed by atoms with Gasteiger partial charge in [-0.3, -0.25) is 9.97 Å². The van der Waals surface area contributed by atoms with Crippen LogP contribution in [0.25, 0.3) is 0 Å². The van der Waals surface area contributed by atoms with Gasteiger partial charge in [-0.15, -0.1) is 0 Å². The molecule has 2 aromatic heterocycles. The fourth-order valence-electron chi connectivity index (χ4n) is 6.45. The van der Waals surface area contributed by atoms with E-state index in [0.717, 1.165) is 33.4 Å². The summed E-state index contributed by atoms with van der Waals surface area (Å²) in [5, 5.41) is 19.2. The van der Waals surface area contributed by atoms with Gasteiger partial charge in [0, 0.05) is 37.9 Å². The number of hydrogen-bond donors (Lipinski definition) is 2. The molecule has 6 rings (SSSR count). The van der Waals surface area contributed by atoms with Crippen molar-refractivity contribution in [1.29, 1.82) is 0 Å². The van der Waals surface area contributed by atoms with Gasteiger partial charge in [0.05, 0.1) is 25.3 Å². The molecule has 0 unspecified atom stereocenters. The van der Waals surface area contributed by atoms with Gasteiger partial charge in [-0.05, 0) is 84.3 Å². The van der Waals surface area contributed by atoms with Crippen molar-refractivity contribution < 1.29 is 24.5 Å². The Hall–Kier alpha value is -4.15. The molecule has 234 valence electrons. The lowest BCUT2D eigenvalue weighted by atomic mass is 9.91. The molecule has 9 nitrogen and oxygen atoms in total. The highest BCUT2D eigenvalue weighted by atomic mass is 16.8. The topological polar surface area (TPSA) is 108 Å². The minimum Gasteiger partial charge on any atom is -0.392 e. The number of fused-ring (bicyclic) bond motifs is 1. The van der Waals surface area contributed by atoms with Gasteiger partial charge in [-0.25, -0.2) is 4.79 Å². The van der Waals surface area contributed by atoms with Crippen LogP contribution in [0.15, 0.2) is 97.6 Å². The number of ether oxygens (including phenoxy) is 2. The lowest BCUT2D eigenvalue weighted by molar-refractivity contribution is -0.157. The maximum Gasteiger partial charge on any atom is 0.321 e. The number of amides is 2. The van der Waals surface area contributed by atoms with Gasteiger partial charge in [0.15, 0.2) is 5.79 Å². The Kier molecular flexibility index (Phi) is 9.23. The van der Waals surface area contributed by atoms with Gasteiger partial charge in [0.1, 0.15) is 12.2 Å². The van der Waals surface area contributed by atoms with Gasteiger partial charge in [-0.1, -0.05) is 48.5 Å². The second-order valence-corrected chi connectivity index (χ2v) is 12.3. The van der Waals surface area contributed by atoms with E-state index in [1.807, 2.05) is 96.4 Å². The van der Waals surface area contributed by atoms with E-state index < -0.39 is 18.0 Å². The molecule has 45 heavy (non-hydrogen) atoms. The van der Waals surface area contributed by atoms with Gasteiger partial charge >= 0.3 is 6.03 Å². The summed E-state index contributed by atoms with van der Waals surface area (Å²) >= 11 is 0. The zero-order valence-corrected chi connectivity index (χ0v) is 25.7. The lowest BCUT2D eigenvalue weighted by Gasteiger charge is -2.37. The zero-order valence-electron chi connectivity index (χ0n) is 25.7. The average molecular weight is 609 g/mol. The van der Waals surface area contributed by atoms with Crippen molar-refractivity contribution >= 4 is 6.03 Å². The van der Waals surface area contributed by atoms with Crippen LogP contribution in [0.4, 0.5) is 4.79 Å². The van der Waals surface area contributed by atoms with Crippen molar-refractivity contribution in [3.63, 3.8) is 0 Å². The van der Waals surface area contributed by atoms with E-state index in [-0.39, 0.29) is 31.3 Å². The Morgan fingerprint density at radius 2 is 0.956 bits per heavy atom. The molecule has 0 aliphatic carbocycles. The fraction of sp³-hybridized carbons (Fsp3) is 0.361. The third-order valence-electron chi connectivity index (χ3n) is 8.72. The largest absolute Gasteiger partial charge is 0.392 e. The number of rotatable bonds is 10. The molecule has 2 aliphatic heterocycles. The zero-order chi connectivity index (χ0) is 31.4. The number of carbonyl (C=O) groups is 1. The number of nitrogens with zero attached hydrogens (tertiary/aromatic N) is 4. The van der Waals surface area contributed by atoms with Gasteiger partial charge in [0.2, 0.25) is 0 Å². The average Bonchev–Trinajstić information content (AvgIpc) is 3.37. The van der Waals surface area contributed by atoms with Crippen LogP contribution in [-0.4, -0.2) is 66.1 Å². The van der Waals surface area contributed by atoms with Crippen LogP contribution in [0.5, 0.6) is 0 Å². The van der Waals surface area contributed by atoms with Crippen molar-refractivity contribution in [1.82, 2.24) is 19.8 Å². The van der Waals surface area contributed by atoms with Gasteiger partial charge in [0.25, 0.3) is 0 Å². The molecule has 4 aromatic rings. The predicted octanol–water partition coefficient (Wildman–Crippen LogP) is 4.64. The van der Waals surface area contributed by atoms with E-state index in [4.69, 9.17) is 9.47 Å². The molecule has 9 heteroatoms.